The number of nitrogens with one attached hydrogen (secondary N) is 3. The Morgan fingerprint density at radius 1 is 1.27 bits per heavy atom. The summed E-state index contributed by atoms with van der Waals surface area (Å²) in [6.45, 7) is 3.49. The number of amidine groups is 1. The fourth-order valence-electron chi connectivity index (χ4n) is 2.60. The van der Waals surface area contributed by atoms with Crippen LogP contribution in [0.15, 0.2) is 36.4 Å². The van der Waals surface area contributed by atoms with Gasteiger partial charge in [-0.05, 0) is 61.3 Å². The van der Waals surface area contributed by atoms with E-state index in [0.717, 1.165) is 22.8 Å². The van der Waals surface area contributed by atoms with Gasteiger partial charge in [-0.2, -0.15) is 4.37 Å². The Labute approximate surface area is 187 Å². The van der Waals surface area contributed by atoms with E-state index < -0.39 is 0 Å². The predicted octanol–water partition coefficient (Wildman–Crippen LogP) is 5.30. The van der Waals surface area contributed by atoms with Crippen LogP contribution in [-0.4, -0.2) is 33.1 Å². The molecule has 0 saturated carbocycles. The molecule has 1 atom stereocenters. The minimum Gasteiger partial charge on any atom is -0.492 e. The molecule has 158 valence electrons. The van der Waals surface area contributed by atoms with Crippen LogP contribution in [0, 0.1) is 12.3 Å². The highest BCUT2D eigenvalue weighted by molar-refractivity contribution is 7.11. The normalized spacial score (nSPS) is 11.8. The standard InChI is InChI=1S/C20H20Cl2N4O3S/c1-10-7-13(29-16-8-12(21)3-5-14(16)22)4-6-15(10)25-20-17(19(28)26-30-20)18(23)24-11(2)9-27/h3-8,11,25,27H,9H2,1-2H3,(H2,23,24)(H,26,28). The first-order chi connectivity index (χ1) is 14.3. The van der Waals surface area contributed by atoms with Crippen LogP contribution in [0.5, 0.6) is 17.4 Å². The van der Waals surface area contributed by atoms with Gasteiger partial charge in [-0.3, -0.25) is 5.41 Å². The monoisotopic (exact) mass is 466 g/mol. The van der Waals surface area contributed by atoms with Crippen LogP contribution in [-0.2, 0) is 0 Å². The highest BCUT2D eigenvalue weighted by atomic mass is 35.5. The first-order valence-electron chi connectivity index (χ1n) is 8.94. The number of halogens is 2. The third-order valence-corrected chi connectivity index (χ3v) is 5.46. The molecule has 0 aliphatic heterocycles. The minimum atomic E-state index is -0.332. The van der Waals surface area contributed by atoms with Gasteiger partial charge in [0.05, 0.1) is 11.6 Å². The third kappa shape index (κ3) is 5.14. The molecule has 30 heavy (non-hydrogen) atoms. The van der Waals surface area contributed by atoms with Crippen molar-refractivity contribution in [2.75, 3.05) is 11.9 Å². The number of hydrogen-bond acceptors (Lipinski definition) is 7. The average Bonchev–Trinajstić information content (AvgIpc) is 3.07. The minimum absolute atomic E-state index is 0.0292. The van der Waals surface area contributed by atoms with Gasteiger partial charge in [-0.15, -0.1) is 0 Å². The van der Waals surface area contributed by atoms with E-state index >= 15 is 0 Å². The number of ether oxygens (including phenoxy) is 1. The molecule has 3 rings (SSSR count). The van der Waals surface area contributed by atoms with Crippen molar-refractivity contribution in [2.45, 2.75) is 19.9 Å². The van der Waals surface area contributed by atoms with Gasteiger partial charge in [0, 0.05) is 22.8 Å². The Kier molecular flexibility index (Phi) is 7.04. The molecule has 0 amide bonds. The lowest BCUT2D eigenvalue weighted by atomic mass is 10.2. The average molecular weight is 467 g/mol. The summed E-state index contributed by atoms with van der Waals surface area (Å²) in [6.07, 6.45) is 0. The summed E-state index contributed by atoms with van der Waals surface area (Å²) in [4.78, 5) is 0. The van der Waals surface area contributed by atoms with Crippen molar-refractivity contribution < 1.29 is 14.9 Å². The highest BCUT2D eigenvalue weighted by Crippen LogP contribution is 2.36. The van der Waals surface area contributed by atoms with Crippen molar-refractivity contribution in [2.24, 2.45) is 0 Å². The largest absolute Gasteiger partial charge is 0.492 e. The van der Waals surface area contributed by atoms with Gasteiger partial charge in [0.15, 0.2) is 0 Å². The number of nitrogens with zero attached hydrogens (tertiary/aromatic N) is 1. The topological polar surface area (TPSA) is 110 Å². The number of aliphatic hydroxyl groups is 1. The Morgan fingerprint density at radius 3 is 2.73 bits per heavy atom. The predicted molar refractivity (Wildman–Crippen MR) is 121 cm³/mol. The van der Waals surface area contributed by atoms with Crippen LogP contribution in [0.1, 0.15) is 18.1 Å². The maximum atomic E-state index is 10.1. The number of aromatic hydroxyl groups is 1. The molecule has 0 fully saturated rings. The number of anilines is 2. The zero-order chi connectivity index (χ0) is 21.8. The molecular formula is C20H20Cl2N4O3S. The second-order valence-corrected chi connectivity index (χ2v) is 8.21. The Bertz CT molecular complexity index is 1070. The summed E-state index contributed by atoms with van der Waals surface area (Å²) in [5.41, 5.74) is 1.87. The second-order valence-electron chi connectivity index (χ2n) is 6.59. The fraction of sp³-hybridized carbons (Fsp3) is 0.200. The van der Waals surface area contributed by atoms with Crippen molar-refractivity contribution in [3.8, 4) is 17.4 Å². The summed E-state index contributed by atoms with van der Waals surface area (Å²) in [6, 6.07) is 10.1. The molecule has 0 bridgehead atoms. The van der Waals surface area contributed by atoms with Crippen molar-refractivity contribution >= 4 is 51.3 Å². The molecule has 0 aliphatic rings. The van der Waals surface area contributed by atoms with Gasteiger partial charge in [0.25, 0.3) is 0 Å². The summed E-state index contributed by atoms with van der Waals surface area (Å²) in [5, 5.41) is 34.9. The highest BCUT2D eigenvalue weighted by Gasteiger charge is 2.20. The van der Waals surface area contributed by atoms with E-state index in [1.165, 1.54) is 0 Å². The van der Waals surface area contributed by atoms with Crippen molar-refractivity contribution in [1.29, 1.82) is 5.41 Å². The summed E-state index contributed by atoms with van der Waals surface area (Å²) in [5.74, 6) is 0.758. The lowest BCUT2D eigenvalue weighted by molar-refractivity contribution is 0.264. The molecule has 2 aromatic carbocycles. The summed E-state index contributed by atoms with van der Waals surface area (Å²) < 4.78 is 9.76. The van der Waals surface area contributed by atoms with E-state index in [0.29, 0.717) is 26.5 Å². The zero-order valence-electron chi connectivity index (χ0n) is 16.2. The maximum absolute atomic E-state index is 10.1. The smallest absolute Gasteiger partial charge is 0.236 e. The first-order valence-corrected chi connectivity index (χ1v) is 10.5. The van der Waals surface area contributed by atoms with Crippen molar-refractivity contribution in [3.63, 3.8) is 0 Å². The van der Waals surface area contributed by atoms with Crippen LogP contribution in [0.2, 0.25) is 10.0 Å². The van der Waals surface area contributed by atoms with E-state index in [2.05, 4.69) is 15.0 Å². The first kappa shape index (κ1) is 22.2. The van der Waals surface area contributed by atoms with Crippen molar-refractivity contribution in [1.82, 2.24) is 9.69 Å². The number of hydrogen-bond donors (Lipinski definition) is 5. The lowest BCUT2D eigenvalue weighted by Crippen LogP contribution is -2.35. The Hall–Kier alpha value is -2.52. The third-order valence-electron chi connectivity index (χ3n) is 4.16. The van der Waals surface area contributed by atoms with E-state index in [-0.39, 0.29) is 29.9 Å². The number of benzene rings is 2. The van der Waals surface area contributed by atoms with Gasteiger partial charge < -0.3 is 25.6 Å². The molecule has 0 saturated heterocycles. The van der Waals surface area contributed by atoms with Crippen LogP contribution in [0.4, 0.5) is 10.7 Å². The summed E-state index contributed by atoms with van der Waals surface area (Å²) in [7, 11) is 0. The number of aryl methyl sites for hydroxylation is 1. The number of aliphatic hydroxyl groups excluding tert-OH is 1. The van der Waals surface area contributed by atoms with Gasteiger partial charge in [0.2, 0.25) is 5.88 Å². The molecule has 10 heteroatoms. The molecule has 0 radical (unpaired) electrons. The molecule has 0 aliphatic carbocycles. The van der Waals surface area contributed by atoms with Gasteiger partial charge >= 0.3 is 0 Å². The van der Waals surface area contributed by atoms with E-state index in [4.69, 9.17) is 33.3 Å². The van der Waals surface area contributed by atoms with Crippen molar-refractivity contribution in [3.05, 3.63) is 57.6 Å². The SMILES string of the molecule is Cc1cc(Oc2cc(Cl)ccc2Cl)ccc1Nc1snc(O)c1C(=N)NC(C)CO. The van der Waals surface area contributed by atoms with E-state index in [1.54, 1.807) is 31.2 Å². The molecule has 3 aromatic rings. The van der Waals surface area contributed by atoms with Crippen LogP contribution >= 0.6 is 34.7 Å². The van der Waals surface area contributed by atoms with E-state index in [1.807, 2.05) is 19.1 Å². The molecule has 1 aromatic heterocycles. The van der Waals surface area contributed by atoms with Crippen LogP contribution < -0.4 is 15.4 Å². The number of rotatable bonds is 7. The van der Waals surface area contributed by atoms with Gasteiger partial charge in [-0.25, -0.2) is 0 Å². The molecule has 7 nitrogen and oxygen atoms in total. The second kappa shape index (κ2) is 9.53. The van der Waals surface area contributed by atoms with Crippen LogP contribution in [0.25, 0.3) is 0 Å². The lowest BCUT2D eigenvalue weighted by Gasteiger charge is -2.15. The van der Waals surface area contributed by atoms with E-state index in [9.17, 15) is 10.2 Å². The molecule has 5 N–H and O–H groups in total. The zero-order valence-corrected chi connectivity index (χ0v) is 18.5. The molecule has 1 unspecified atom stereocenters. The van der Waals surface area contributed by atoms with Gasteiger partial charge in [-0.1, -0.05) is 23.2 Å². The fourth-order valence-corrected chi connectivity index (χ4v) is 3.63. The Balaban J connectivity index is 1.80. The maximum Gasteiger partial charge on any atom is 0.236 e. The molecule has 1 heterocycles. The Morgan fingerprint density at radius 2 is 2.03 bits per heavy atom. The number of aromatic nitrogens is 1. The molecular weight excluding hydrogens is 447 g/mol. The molecule has 0 spiro atoms. The van der Waals surface area contributed by atoms with Gasteiger partial charge in [0.1, 0.15) is 27.9 Å². The van der Waals surface area contributed by atoms with Crippen LogP contribution in [0.3, 0.4) is 0 Å². The quantitative estimate of drug-likeness (QED) is 0.238. The summed E-state index contributed by atoms with van der Waals surface area (Å²) >= 11 is 13.2.